The van der Waals surface area contributed by atoms with Gasteiger partial charge < -0.3 is 0 Å². The first-order chi connectivity index (χ1) is 11.6. The first-order valence-corrected chi connectivity index (χ1v) is 8.93. The van der Waals surface area contributed by atoms with Gasteiger partial charge in [-0.25, -0.2) is 0 Å². The molecule has 2 aliphatic carbocycles. The van der Waals surface area contributed by atoms with Crippen molar-refractivity contribution in [2.45, 2.75) is 26.7 Å². The van der Waals surface area contributed by atoms with Crippen LogP contribution in [-0.2, 0) is 0 Å². The number of benzene rings is 2. The van der Waals surface area contributed by atoms with Crippen molar-refractivity contribution in [2.24, 2.45) is 0 Å². The molecule has 0 nitrogen and oxygen atoms in total. The summed E-state index contributed by atoms with van der Waals surface area (Å²) in [5, 5.41) is 1.25. The molecule has 2 aliphatic rings. The van der Waals surface area contributed by atoms with Crippen molar-refractivity contribution in [3.05, 3.63) is 88.0 Å². The van der Waals surface area contributed by atoms with Crippen LogP contribution in [0.5, 0.6) is 0 Å². The van der Waals surface area contributed by atoms with Gasteiger partial charge >= 0.3 is 0 Å². The third-order valence-electron chi connectivity index (χ3n) is 5.30. The Morgan fingerprint density at radius 2 is 1.58 bits per heavy atom. The van der Waals surface area contributed by atoms with Crippen LogP contribution in [0, 0.1) is 0 Å². The van der Waals surface area contributed by atoms with Crippen LogP contribution in [0.25, 0.3) is 17.2 Å². The summed E-state index contributed by atoms with van der Waals surface area (Å²) in [6, 6.07) is 17.4. The van der Waals surface area contributed by atoms with E-state index in [1.54, 1.807) is 0 Å². The number of allylic oxidation sites excluding steroid dienone is 5. The minimum absolute atomic E-state index is 0.351. The minimum Gasteiger partial charge on any atom is -0.0622 e. The Kier molecular flexibility index (Phi) is 3.62. The summed E-state index contributed by atoms with van der Waals surface area (Å²) in [6.45, 7) is 6.64. The van der Waals surface area contributed by atoms with E-state index in [-0.39, 0.29) is 0 Å². The Morgan fingerprint density at radius 1 is 0.833 bits per heavy atom. The number of fused-ring (bicyclic) bond motifs is 1. The zero-order chi connectivity index (χ0) is 16.8. The van der Waals surface area contributed by atoms with E-state index in [4.69, 9.17) is 0 Å². The summed E-state index contributed by atoms with van der Waals surface area (Å²) in [4.78, 5) is 0. The number of rotatable bonds is 2. The maximum absolute atomic E-state index is 3.88. The fourth-order valence-corrected chi connectivity index (χ4v) is 4.30. The molecule has 0 spiro atoms. The molecular weight excluding hydrogens is 304 g/mol. The SMILES string of the molecule is CC1=Cc2c(-c3ccccc3)cccc2C1C1=CC(C)=C(C)C1=[Si]. The van der Waals surface area contributed by atoms with Crippen molar-refractivity contribution in [1.29, 1.82) is 0 Å². The van der Waals surface area contributed by atoms with Gasteiger partial charge in [-0.1, -0.05) is 66.3 Å². The highest BCUT2D eigenvalue weighted by molar-refractivity contribution is 6.50. The summed E-state index contributed by atoms with van der Waals surface area (Å²) >= 11 is 0. The monoisotopic (exact) mass is 324 g/mol. The van der Waals surface area contributed by atoms with Gasteiger partial charge in [0.05, 0.1) is 0 Å². The normalized spacial score (nSPS) is 19.5. The molecule has 0 amide bonds. The smallest absolute Gasteiger partial charge is 0.0411 e. The standard InChI is InChI=1S/C23H20Si/c1-14-12-21(23(24)16(14)3)22-15(2)13-20-18(10-7-11-19(20)22)17-8-5-4-6-9-17/h4-13,22H,1-3H3. The second-order valence-corrected chi connectivity index (χ2v) is 7.28. The highest BCUT2D eigenvalue weighted by atomic mass is 28.1. The van der Waals surface area contributed by atoms with Crippen molar-refractivity contribution in [2.75, 3.05) is 0 Å². The number of hydrogen-bond acceptors (Lipinski definition) is 0. The van der Waals surface area contributed by atoms with E-state index in [2.05, 4.69) is 91.3 Å². The molecule has 0 bridgehead atoms. The molecular formula is C23H20Si. The molecule has 0 aliphatic heterocycles. The van der Waals surface area contributed by atoms with E-state index >= 15 is 0 Å². The molecule has 116 valence electrons. The van der Waals surface area contributed by atoms with Crippen LogP contribution in [-0.4, -0.2) is 15.0 Å². The van der Waals surface area contributed by atoms with Gasteiger partial charge in [-0.2, -0.15) is 0 Å². The topological polar surface area (TPSA) is 0 Å². The predicted octanol–water partition coefficient (Wildman–Crippen LogP) is 5.47. The molecule has 0 saturated heterocycles. The second kappa shape index (κ2) is 5.68. The van der Waals surface area contributed by atoms with E-state index < -0.39 is 0 Å². The van der Waals surface area contributed by atoms with Crippen LogP contribution in [0.2, 0.25) is 0 Å². The van der Waals surface area contributed by atoms with Crippen LogP contribution in [0.4, 0.5) is 0 Å². The van der Waals surface area contributed by atoms with Gasteiger partial charge in [0, 0.05) is 15.8 Å². The fourth-order valence-electron chi connectivity index (χ4n) is 3.89. The van der Waals surface area contributed by atoms with Crippen molar-refractivity contribution in [3.63, 3.8) is 0 Å². The van der Waals surface area contributed by atoms with Gasteiger partial charge in [0.1, 0.15) is 0 Å². The minimum atomic E-state index is 0.351. The van der Waals surface area contributed by atoms with Gasteiger partial charge in [-0.05, 0) is 64.9 Å². The summed E-state index contributed by atoms with van der Waals surface area (Å²) in [7, 11) is 3.88. The largest absolute Gasteiger partial charge is 0.0622 e. The molecule has 2 radical (unpaired) electrons. The van der Waals surface area contributed by atoms with Gasteiger partial charge in [0.15, 0.2) is 0 Å². The van der Waals surface area contributed by atoms with E-state index in [0.29, 0.717) is 5.92 Å². The Labute approximate surface area is 147 Å². The maximum atomic E-state index is 3.88. The van der Waals surface area contributed by atoms with Crippen molar-refractivity contribution < 1.29 is 0 Å². The molecule has 0 saturated carbocycles. The molecule has 0 heterocycles. The summed E-state index contributed by atoms with van der Waals surface area (Å²) < 4.78 is 0. The molecule has 4 rings (SSSR count). The Balaban J connectivity index is 1.85. The van der Waals surface area contributed by atoms with Crippen LogP contribution >= 0.6 is 0 Å². The zero-order valence-electron chi connectivity index (χ0n) is 14.4. The quantitative estimate of drug-likeness (QED) is 0.642. The summed E-state index contributed by atoms with van der Waals surface area (Å²) in [6.07, 6.45) is 4.70. The average molecular weight is 324 g/mol. The van der Waals surface area contributed by atoms with Crippen LogP contribution < -0.4 is 0 Å². The lowest BCUT2D eigenvalue weighted by Gasteiger charge is -2.19. The predicted molar refractivity (Wildman–Crippen MR) is 105 cm³/mol. The third kappa shape index (κ3) is 2.23. The molecule has 1 atom stereocenters. The van der Waals surface area contributed by atoms with Gasteiger partial charge in [0.25, 0.3) is 0 Å². The van der Waals surface area contributed by atoms with Gasteiger partial charge in [-0.3, -0.25) is 0 Å². The molecule has 0 fully saturated rings. The average Bonchev–Trinajstić information content (AvgIpc) is 3.06. The highest BCUT2D eigenvalue weighted by Crippen LogP contribution is 2.46. The lowest BCUT2D eigenvalue weighted by molar-refractivity contribution is 0.996. The lowest BCUT2D eigenvalue weighted by atomic mass is 9.86. The summed E-state index contributed by atoms with van der Waals surface area (Å²) in [5.74, 6) is 0.351. The molecule has 0 aromatic heterocycles. The van der Waals surface area contributed by atoms with Gasteiger partial charge in [0.2, 0.25) is 0 Å². The first-order valence-electron chi connectivity index (χ1n) is 8.43. The van der Waals surface area contributed by atoms with Crippen LogP contribution in [0.3, 0.4) is 0 Å². The number of hydrogen-bond donors (Lipinski definition) is 0. The van der Waals surface area contributed by atoms with Crippen LogP contribution in [0.1, 0.15) is 37.8 Å². The molecule has 2 aromatic carbocycles. The van der Waals surface area contributed by atoms with Crippen LogP contribution in [0.15, 0.2) is 76.9 Å². The summed E-state index contributed by atoms with van der Waals surface area (Å²) in [5.41, 5.74) is 10.9. The highest BCUT2D eigenvalue weighted by Gasteiger charge is 2.31. The molecule has 24 heavy (non-hydrogen) atoms. The van der Waals surface area contributed by atoms with E-state index in [1.807, 2.05) is 0 Å². The lowest BCUT2D eigenvalue weighted by Crippen LogP contribution is -2.10. The zero-order valence-corrected chi connectivity index (χ0v) is 15.4. The van der Waals surface area contributed by atoms with Gasteiger partial charge in [-0.15, -0.1) is 0 Å². The molecule has 0 N–H and O–H groups in total. The molecule has 1 unspecified atom stereocenters. The Hall–Kier alpha value is -2.25. The van der Waals surface area contributed by atoms with Crippen molar-refractivity contribution >= 4 is 21.1 Å². The van der Waals surface area contributed by atoms with Crippen molar-refractivity contribution in [3.8, 4) is 11.1 Å². The van der Waals surface area contributed by atoms with E-state index in [0.717, 1.165) is 0 Å². The third-order valence-corrected chi connectivity index (χ3v) is 5.96. The Bertz CT molecular complexity index is 939. The first kappa shape index (κ1) is 15.3. The Morgan fingerprint density at radius 3 is 2.25 bits per heavy atom. The van der Waals surface area contributed by atoms with E-state index in [9.17, 15) is 0 Å². The van der Waals surface area contributed by atoms with Crippen molar-refractivity contribution in [1.82, 2.24) is 0 Å². The van der Waals surface area contributed by atoms with E-state index in [1.165, 1.54) is 49.7 Å². The molecule has 2 aromatic rings. The fraction of sp³-hybridized carbons (Fsp3) is 0.174. The second-order valence-electron chi connectivity index (χ2n) is 6.78. The maximum Gasteiger partial charge on any atom is 0.0411 e. The molecule has 1 heteroatoms.